The normalized spacial score (nSPS) is 18.4. The zero-order chi connectivity index (χ0) is 51.1. The Morgan fingerprint density at radius 1 is 0.542 bits per heavy atom. The van der Waals surface area contributed by atoms with Gasteiger partial charge < -0.3 is 33.9 Å². The van der Waals surface area contributed by atoms with Crippen molar-refractivity contribution < 1.29 is 48.0 Å². The van der Waals surface area contributed by atoms with Crippen molar-refractivity contribution in [2.75, 3.05) is 54.6 Å². The SMILES string of the molecule is CC1CC(C)CN(C(=O)c2cc3c(s2)C(=O)c2ncccc2C3=O)C1.COc1c2cccnc2c(OC)c2sc(C(=O)N3CC(C)CC(C)C3)cc12.COc1c2cccnc2c(OC)c2sc(C(=O)O)cc12. The number of methoxy groups -OCH3 is 4. The fraction of sp³-hybridized carbons (Fsp3) is 0.333. The van der Waals surface area contributed by atoms with Crippen molar-refractivity contribution in [2.24, 2.45) is 23.7 Å². The molecule has 0 spiro atoms. The Hall–Kier alpha value is -7.02. The average Bonchev–Trinajstić information content (AvgIpc) is 4.15. The molecule has 3 aliphatic rings. The fourth-order valence-electron chi connectivity index (χ4n) is 10.4. The summed E-state index contributed by atoms with van der Waals surface area (Å²) in [5.74, 6) is 3.15. The first-order valence-electron chi connectivity index (χ1n) is 23.5. The number of aromatic nitrogens is 3. The molecule has 15 nitrogen and oxygen atoms in total. The minimum Gasteiger partial charge on any atom is -0.495 e. The molecule has 0 radical (unpaired) electrons. The van der Waals surface area contributed by atoms with Crippen LogP contribution in [0.15, 0.2) is 73.2 Å². The first-order valence-corrected chi connectivity index (χ1v) is 25.9. The molecule has 0 bridgehead atoms. The number of rotatable bonds is 7. The molecule has 2 aliphatic heterocycles. The number of thiophene rings is 3. The van der Waals surface area contributed by atoms with Crippen LogP contribution >= 0.6 is 34.0 Å². The van der Waals surface area contributed by atoms with Crippen LogP contribution in [0.1, 0.15) is 101 Å². The molecular formula is C54H53N5O10S3. The number of pyridine rings is 3. The number of ether oxygens (including phenoxy) is 4. The van der Waals surface area contributed by atoms with E-state index in [0.717, 1.165) is 102 Å². The minimum absolute atomic E-state index is 0.0876. The zero-order valence-electron chi connectivity index (χ0n) is 41.1. The third-order valence-electron chi connectivity index (χ3n) is 13.1. The van der Waals surface area contributed by atoms with E-state index in [2.05, 4.69) is 42.6 Å². The van der Waals surface area contributed by atoms with Crippen LogP contribution in [0.25, 0.3) is 42.0 Å². The van der Waals surface area contributed by atoms with Crippen molar-refractivity contribution in [1.82, 2.24) is 24.8 Å². The number of carboxylic acids is 1. The summed E-state index contributed by atoms with van der Waals surface area (Å²) in [5.41, 5.74) is 2.25. The molecule has 2 fully saturated rings. The van der Waals surface area contributed by atoms with E-state index in [-0.39, 0.29) is 34.0 Å². The lowest BCUT2D eigenvalue weighted by Crippen LogP contribution is -2.42. The number of fused-ring (bicyclic) bond motifs is 6. The Morgan fingerprint density at radius 2 is 0.972 bits per heavy atom. The van der Waals surface area contributed by atoms with Crippen LogP contribution in [0.2, 0.25) is 0 Å². The topological polar surface area (TPSA) is 188 Å². The van der Waals surface area contributed by atoms with Gasteiger partial charge in [-0.1, -0.05) is 27.7 Å². The Balaban J connectivity index is 0.000000135. The summed E-state index contributed by atoms with van der Waals surface area (Å²) in [6.45, 7) is 11.8. The summed E-state index contributed by atoms with van der Waals surface area (Å²) in [6.07, 6.45) is 7.21. The smallest absolute Gasteiger partial charge is 0.345 e. The van der Waals surface area contributed by atoms with E-state index in [1.807, 2.05) is 34.1 Å². The van der Waals surface area contributed by atoms with Crippen LogP contribution in [0, 0.1) is 23.7 Å². The van der Waals surface area contributed by atoms with E-state index in [1.54, 1.807) is 71.2 Å². The fourth-order valence-corrected chi connectivity index (χ4v) is 13.6. The molecule has 1 aliphatic carbocycles. The van der Waals surface area contributed by atoms with Crippen LogP contribution < -0.4 is 18.9 Å². The molecule has 0 saturated carbocycles. The van der Waals surface area contributed by atoms with E-state index in [9.17, 15) is 24.0 Å². The number of piperidine rings is 2. The second-order valence-corrected chi connectivity index (χ2v) is 21.8. The number of hydrogen-bond donors (Lipinski definition) is 1. The van der Waals surface area contributed by atoms with Gasteiger partial charge in [-0.3, -0.25) is 34.1 Å². The number of ketones is 2. The maximum absolute atomic E-state index is 13.2. The highest BCUT2D eigenvalue weighted by Crippen LogP contribution is 2.47. The van der Waals surface area contributed by atoms with E-state index in [0.29, 0.717) is 67.3 Å². The number of aromatic carboxylic acids is 1. The van der Waals surface area contributed by atoms with E-state index < -0.39 is 5.97 Å². The molecular weight excluding hydrogens is 975 g/mol. The predicted octanol–water partition coefficient (Wildman–Crippen LogP) is 10.8. The predicted molar refractivity (Wildman–Crippen MR) is 281 cm³/mol. The number of carboxylic acid groups (broad SMARTS) is 1. The quantitative estimate of drug-likeness (QED) is 0.159. The number of hydrogen-bond acceptors (Lipinski definition) is 15. The summed E-state index contributed by atoms with van der Waals surface area (Å²) < 4.78 is 23.9. The van der Waals surface area contributed by atoms with Crippen LogP contribution in [-0.2, 0) is 0 Å². The van der Waals surface area contributed by atoms with Gasteiger partial charge in [0.1, 0.15) is 33.1 Å². The molecule has 2 saturated heterocycles. The van der Waals surface area contributed by atoms with Crippen LogP contribution in [0.4, 0.5) is 0 Å². The van der Waals surface area contributed by atoms with Gasteiger partial charge in [0, 0.05) is 71.9 Å². The highest BCUT2D eigenvalue weighted by molar-refractivity contribution is 7.21. The van der Waals surface area contributed by atoms with Gasteiger partial charge in [-0.05, 0) is 91.1 Å². The summed E-state index contributed by atoms with van der Waals surface area (Å²) in [7, 11) is 6.41. The molecule has 4 atom stereocenters. The second kappa shape index (κ2) is 20.6. The lowest BCUT2D eigenvalue weighted by atomic mass is 9.91. The van der Waals surface area contributed by atoms with Gasteiger partial charge in [-0.25, -0.2) is 4.79 Å². The minimum atomic E-state index is -0.965. The van der Waals surface area contributed by atoms with Gasteiger partial charge >= 0.3 is 5.97 Å². The summed E-state index contributed by atoms with van der Waals surface area (Å²) in [5, 5.41) is 12.5. The van der Waals surface area contributed by atoms with Gasteiger partial charge in [0.2, 0.25) is 5.78 Å². The van der Waals surface area contributed by atoms with Gasteiger partial charge in [-0.2, -0.15) is 0 Å². The molecule has 72 heavy (non-hydrogen) atoms. The Morgan fingerprint density at radius 3 is 1.44 bits per heavy atom. The summed E-state index contributed by atoms with van der Waals surface area (Å²) in [4.78, 5) is 81.0. The van der Waals surface area contributed by atoms with E-state index in [4.69, 9.17) is 24.1 Å². The number of likely N-dealkylation sites (tertiary alicyclic amines) is 2. The van der Waals surface area contributed by atoms with Crippen molar-refractivity contribution in [3.8, 4) is 23.0 Å². The first-order chi connectivity index (χ1) is 34.6. The lowest BCUT2D eigenvalue weighted by molar-refractivity contribution is 0.0622. The number of benzene rings is 2. The Kier molecular flexibility index (Phi) is 14.3. The van der Waals surface area contributed by atoms with Gasteiger partial charge in [-0.15, -0.1) is 34.0 Å². The molecule has 2 aromatic carbocycles. The number of nitrogens with zero attached hydrogens (tertiary/aromatic N) is 5. The van der Waals surface area contributed by atoms with Crippen LogP contribution in [0.3, 0.4) is 0 Å². The van der Waals surface area contributed by atoms with Gasteiger partial charge in [0.05, 0.1) is 58.0 Å². The molecule has 1 N–H and O–H groups in total. The molecule has 8 heterocycles. The number of amides is 2. The Bertz CT molecular complexity index is 3260. The van der Waals surface area contributed by atoms with Gasteiger partial charge in [0.15, 0.2) is 17.3 Å². The molecule has 18 heteroatoms. The highest BCUT2D eigenvalue weighted by atomic mass is 32.1. The van der Waals surface area contributed by atoms with E-state index in [1.165, 1.54) is 24.0 Å². The Labute approximate surface area is 427 Å². The highest BCUT2D eigenvalue weighted by Gasteiger charge is 2.36. The van der Waals surface area contributed by atoms with Crippen molar-refractivity contribution >= 4 is 105 Å². The summed E-state index contributed by atoms with van der Waals surface area (Å²) in [6, 6.07) is 15.9. The molecule has 372 valence electrons. The maximum atomic E-state index is 13.2. The second-order valence-electron chi connectivity index (χ2n) is 18.7. The molecule has 8 aromatic rings. The average molecular weight is 1030 g/mol. The van der Waals surface area contributed by atoms with Crippen molar-refractivity contribution in [2.45, 2.75) is 40.5 Å². The molecule has 4 unspecified atom stereocenters. The third kappa shape index (κ3) is 9.22. The first kappa shape index (κ1) is 49.9. The standard InChI is InChI=1S/C21H24N2O3S.C19H18N2O3S.C14H11NO4S/c1-12-8-13(2)11-23(10-12)21(24)16-9-15-18(25-3)14-6-5-7-22-17(14)19(26-4)20(15)27-16;1-10-6-11(2)9-21(8-10)19(24)14-7-13-16(22)12-4-3-5-20-15(12)17(23)18(13)25-14;1-18-11-7-4-3-5-15-10(7)12(19-2)13-8(11)6-9(20-13)14(16)17/h5-7,9,12-13H,8,10-11H2,1-4H3;3-5,7,10-11H,6,8-9H2,1-2H3;3-6H,1-2H3,(H,16,17). The summed E-state index contributed by atoms with van der Waals surface area (Å²) >= 11 is 3.73. The molecule has 6 aromatic heterocycles. The maximum Gasteiger partial charge on any atom is 0.345 e. The van der Waals surface area contributed by atoms with E-state index >= 15 is 0 Å². The lowest BCUT2D eigenvalue weighted by Gasteiger charge is -2.34. The van der Waals surface area contributed by atoms with Crippen LogP contribution in [-0.4, -0.2) is 114 Å². The van der Waals surface area contributed by atoms with Gasteiger partial charge in [0.25, 0.3) is 11.8 Å². The van der Waals surface area contributed by atoms with Crippen molar-refractivity contribution in [3.63, 3.8) is 0 Å². The molecule has 11 rings (SSSR count). The van der Waals surface area contributed by atoms with Crippen molar-refractivity contribution in [1.29, 1.82) is 0 Å². The largest absolute Gasteiger partial charge is 0.495 e. The van der Waals surface area contributed by atoms with Crippen LogP contribution in [0.5, 0.6) is 23.0 Å². The zero-order valence-corrected chi connectivity index (χ0v) is 43.5. The molecule has 2 amide bonds. The third-order valence-corrected chi connectivity index (χ3v) is 16.5. The number of carbonyl (C=O) groups excluding carboxylic acids is 4. The number of carbonyl (C=O) groups is 5. The monoisotopic (exact) mass is 1030 g/mol. The van der Waals surface area contributed by atoms with Crippen molar-refractivity contribution in [3.05, 3.63) is 110 Å².